The number of para-hydroxylation sites is 1. The highest BCUT2D eigenvalue weighted by molar-refractivity contribution is 7.13. The van der Waals surface area contributed by atoms with Gasteiger partial charge in [-0.25, -0.2) is 9.97 Å². The number of hydrogen-bond donors (Lipinski definition) is 1. The van der Waals surface area contributed by atoms with Crippen molar-refractivity contribution in [2.75, 3.05) is 0 Å². The van der Waals surface area contributed by atoms with Gasteiger partial charge in [-0.3, -0.25) is 0 Å². The van der Waals surface area contributed by atoms with E-state index in [1.165, 1.54) is 5.39 Å². The van der Waals surface area contributed by atoms with Crippen molar-refractivity contribution in [3.05, 3.63) is 47.5 Å². The fraction of sp³-hybridized carbons (Fsp3) is 0.0667. The van der Waals surface area contributed by atoms with E-state index < -0.39 is 0 Å². The average Bonchev–Trinajstić information content (AvgIpc) is 3.05. The minimum absolute atomic E-state index is 0.798. The number of benzene rings is 1. The van der Waals surface area contributed by atoms with Crippen molar-refractivity contribution in [3.8, 4) is 10.7 Å². The highest BCUT2D eigenvalue weighted by Crippen LogP contribution is 2.29. The number of aryl methyl sites for hydroxylation is 1. The Bertz CT molecular complexity index is 875. The summed E-state index contributed by atoms with van der Waals surface area (Å²) >= 11 is 1.66. The van der Waals surface area contributed by atoms with Gasteiger partial charge in [0.25, 0.3) is 0 Å². The minimum atomic E-state index is 0.798. The second kappa shape index (κ2) is 3.90. The normalized spacial score (nSPS) is 11.4. The van der Waals surface area contributed by atoms with Gasteiger partial charge in [-0.2, -0.15) is 0 Å². The van der Waals surface area contributed by atoms with Gasteiger partial charge in [0.05, 0.1) is 10.6 Å². The number of aromatic amines is 1. The first-order chi connectivity index (χ1) is 9.33. The Kier molecular flexibility index (Phi) is 2.19. The van der Waals surface area contributed by atoms with Crippen LogP contribution in [0.4, 0.5) is 0 Å². The molecule has 92 valence electrons. The van der Waals surface area contributed by atoms with E-state index in [0.717, 1.165) is 32.9 Å². The van der Waals surface area contributed by atoms with Crippen molar-refractivity contribution in [1.29, 1.82) is 0 Å². The summed E-state index contributed by atoms with van der Waals surface area (Å²) in [7, 11) is 0. The molecule has 1 aromatic carbocycles. The lowest BCUT2D eigenvalue weighted by Crippen LogP contribution is -1.91. The first-order valence-corrected chi connectivity index (χ1v) is 7.00. The fourth-order valence-electron chi connectivity index (χ4n) is 2.44. The lowest BCUT2D eigenvalue weighted by Gasteiger charge is -2.00. The Morgan fingerprint density at radius 1 is 1.05 bits per heavy atom. The van der Waals surface area contributed by atoms with Gasteiger partial charge < -0.3 is 4.98 Å². The van der Waals surface area contributed by atoms with Crippen molar-refractivity contribution in [2.24, 2.45) is 0 Å². The number of thiophene rings is 1. The van der Waals surface area contributed by atoms with E-state index >= 15 is 0 Å². The first kappa shape index (κ1) is 10.7. The summed E-state index contributed by atoms with van der Waals surface area (Å²) in [5.41, 5.74) is 3.04. The summed E-state index contributed by atoms with van der Waals surface area (Å²) in [6, 6.07) is 12.3. The van der Waals surface area contributed by atoms with E-state index in [2.05, 4.69) is 27.1 Å². The van der Waals surface area contributed by atoms with Crippen LogP contribution in [-0.2, 0) is 0 Å². The Balaban J connectivity index is 2.10. The molecule has 1 N–H and O–H groups in total. The van der Waals surface area contributed by atoms with Crippen LogP contribution in [0.3, 0.4) is 0 Å². The molecule has 3 aromatic heterocycles. The molecular formula is C15H11N3S. The summed E-state index contributed by atoms with van der Waals surface area (Å²) in [5, 5.41) is 4.35. The summed E-state index contributed by atoms with van der Waals surface area (Å²) in [6.45, 7) is 2.04. The molecule has 0 radical (unpaired) electrons. The second-order valence-corrected chi connectivity index (χ2v) is 5.45. The van der Waals surface area contributed by atoms with Gasteiger partial charge in [-0.15, -0.1) is 11.3 Å². The molecule has 0 saturated heterocycles. The van der Waals surface area contributed by atoms with Gasteiger partial charge in [-0.05, 0) is 24.4 Å². The van der Waals surface area contributed by atoms with Gasteiger partial charge in [0.2, 0.25) is 0 Å². The minimum Gasteiger partial charge on any atom is -0.339 e. The van der Waals surface area contributed by atoms with Gasteiger partial charge in [0.15, 0.2) is 5.82 Å². The van der Waals surface area contributed by atoms with Crippen LogP contribution in [0, 0.1) is 6.92 Å². The Labute approximate surface area is 114 Å². The van der Waals surface area contributed by atoms with Gasteiger partial charge in [0.1, 0.15) is 5.65 Å². The Hall–Kier alpha value is -2.20. The molecule has 3 heterocycles. The van der Waals surface area contributed by atoms with E-state index in [9.17, 15) is 0 Å². The third-order valence-corrected chi connectivity index (χ3v) is 4.15. The topological polar surface area (TPSA) is 41.6 Å². The maximum atomic E-state index is 4.66. The molecule has 0 atom stereocenters. The zero-order valence-corrected chi connectivity index (χ0v) is 11.2. The molecule has 4 aromatic rings. The van der Waals surface area contributed by atoms with Crippen LogP contribution in [0.5, 0.6) is 0 Å². The van der Waals surface area contributed by atoms with Gasteiger partial charge in [0, 0.05) is 16.3 Å². The SMILES string of the molecule is Cc1nc(-c2cccs2)nc2[nH]c3ccccc3c12. The fourth-order valence-corrected chi connectivity index (χ4v) is 3.10. The molecule has 0 saturated carbocycles. The number of rotatable bonds is 1. The predicted molar refractivity (Wildman–Crippen MR) is 79.4 cm³/mol. The highest BCUT2D eigenvalue weighted by Gasteiger charge is 2.12. The van der Waals surface area contributed by atoms with E-state index in [4.69, 9.17) is 0 Å². The van der Waals surface area contributed by atoms with Crippen LogP contribution in [0.25, 0.3) is 32.6 Å². The van der Waals surface area contributed by atoms with Crippen LogP contribution < -0.4 is 0 Å². The molecule has 0 aliphatic heterocycles. The average molecular weight is 265 g/mol. The van der Waals surface area contributed by atoms with E-state index in [0.29, 0.717) is 0 Å². The standard InChI is InChI=1S/C15H11N3S/c1-9-13-10-5-2-3-6-11(10)17-15(13)18-14(16-9)12-7-4-8-19-12/h2-8H,1H3,(H,16,17,18). The summed E-state index contributed by atoms with van der Waals surface area (Å²) in [6.07, 6.45) is 0. The third-order valence-electron chi connectivity index (χ3n) is 3.28. The molecular weight excluding hydrogens is 254 g/mol. The Morgan fingerprint density at radius 3 is 2.79 bits per heavy atom. The Morgan fingerprint density at radius 2 is 1.95 bits per heavy atom. The van der Waals surface area contributed by atoms with Crippen LogP contribution in [-0.4, -0.2) is 15.0 Å². The van der Waals surface area contributed by atoms with E-state index in [1.54, 1.807) is 11.3 Å². The summed E-state index contributed by atoms with van der Waals surface area (Å²) in [4.78, 5) is 13.8. The van der Waals surface area contributed by atoms with Crippen LogP contribution in [0.2, 0.25) is 0 Å². The molecule has 0 fully saturated rings. The van der Waals surface area contributed by atoms with E-state index in [1.807, 2.05) is 36.6 Å². The number of hydrogen-bond acceptors (Lipinski definition) is 3. The first-order valence-electron chi connectivity index (χ1n) is 6.12. The van der Waals surface area contributed by atoms with E-state index in [-0.39, 0.29) is 0 Å². The molecule has 0 spiro atoms. The molecule has 3 nitrogen and oxygen atoms in total. The zero-order chi connectivity index (χ0) is 12.8. The van der Waals surface area contributed by atoms with Crippen molar-refractivity contribution in [3.63, 3.8) is 0 Å². The van der Waals surface area contributed by atoms with Gasteiger partial charge in [-0.1, -0.05) is 24.3 Å². The smallest absolute Gasteiger partial charge is 0.171 e. The maximum absolute atomic E-state index is 4.66. The molecule has 0 amide bonds. The monoisotopic (exact) mass is 265 g/mol. The maximum Gasteiger partial charge on any atom is 0.171 e. The third kappa shape index (κ3) is 1.57. The molecule has 0 aliphatic carbocycles. The van der Waals surface area contributed by atoms with Crippen LogP contribution >= 0.6 is 11.3 Å². The number of aromatic nitrogens is 3. The molecule has 0 aliphatic rings. The summed E-state index contributed by atoms with van der Waals surface area (Å²) < 4.78 is 0. The molecule has 4 heteroatoms. The number of nitrogens with zero attached hydrogens (tertiary/aromatic N) is 2. The molecule has 0 unspecified atom stereocenters. The summed E-state index contributed by atoms with van der Waals surface area (Å²) in [5.74, 6) is 0.798. The number of fused-ring (bicyclic) bond motifs is 3. The van der Waals surface area contributed by atoms with Crippen molar-refractivity contribution in [1.82, 2.24) is 15.0 Å². The zero-order valence-electron chi connectivity index (χ0n) is 10.3. The largest absolute Gasteiger partial charge is 0.339 e. The van der Waals surface area contributed by atoms with Crippen molar-refractivity contribution < 1.29 is 0 Å². The molecule has 4 rings (SSSR count). The molecule has 0 bridgehead atoms. The number of nitrogens with one attached hydrogen (secondary N) is 1. The van der Waals surface area contributed by atoms with Crippen molar-refractivity contribution >= 4 is 33.3 Å². The second-order valence-electron chi connectivity index (χ2n) is 4.50. The number of H-pyrrole nitrogens is 1. The highest BCUT2D eigenvalue weighted by atomic mass is 32.1. The van der Waals surface area contributed by atoms with Crippen LogP contribution in [0.15, 0.2) is 41.8 Å². The predicted octanol–water partition coefficient (Wildman–Crippen LogP) is 4.15. The van der Waals surface area contributed by atoms with Crippen LogP contribution in [0.1, 0.15) is 5.69 Å². The quantitative estimate of drug-likeness (QED) is 0.561. The lowest BCUT2D eigenvalue weighted by atomic mass is 10.2. The van der Waals surface area contributed by atoms with Gasteiger partial charge >= 0.3 is 0 Å². The lowest BCUT2D eigenvalue weighted by molar-refractivity contribution is 1.16. The van der Waals surface area contributed by atoms with Crippen molar-refractivity contribution in [2.45, 2.75) is 6.92 Å². The molecule has 19 heavy (non-hydrogen) atoms.